The zero-order valence-electron chi connectivity index (χ0n) is 11.1. The molecular weight excluding hydrogens is 370 g/mol. The molecule has 2 aromatic carbocycles. The molecule has 0 bridgehead atoms. The predicted octanol–water partition coefficient (Wildman–Crippen LogP) is 2.43. The first-order chi connectivity index (χ1) is 10.5. The average Bonchev–Trinajstić information content (AvgIpc) is 3.01. The van der Waals surface area contributed by atoms with Gasteiger partial charge in [-0.3, -0.25) is 4.72 Å². The first-order valence-corrected chi connectivity index (χ1v) is 8.44. The van der Waals surface area contributed by atoms with Gasteiger partial charge in [0.15, 0.2) is 0 Å². The highest BCUT2D eigenvalue weighted by Crippen LogP contribution is 2.22. The van der Waals surface area contributed by atoms with Crippen LogP contribution in [0, 0.1) is 0 Å². The Balaban J connectivity index is 1.91. The van der Waals surface area contributed by atoms with Crippen LogP contribution in [0.4, 0.5) is 5.69 Å². The van der Waals surface area contributed by atoms with Crippen molar-refractivity contribution in [3.63, 3.8) is 0 Å². The lowest BCUT2D eigenvalue weighted by Crippen LogP contribution is -2.12. The number of benzene rings is 2. The van der Waals surface area contributed by atoms with Gasteiger partial charge in [-0.1, -0.05) is 34.1 Å². The van der Waals surface area contributed by atoms with Gasteiger partial charge in [0.2, 0.25) is 5.82 Å². The SMILES string of the molecule is O=S(=O)(Nc1cccc(-c2nn[nH]n2)c1)c1cccc(Br)c1. The van der Waals surface area contributed by atoms with Crippen LogP contribution < -0.4 is 4.72 Å². The topological polar surface area (TPSA) is 101 Å². The van der Waals surface area contributed by atoms with Crippen molar-refractivity contribution >= 4 is 31.6 Å². The lowest BCUT2D eigenvalue weighted by Gasteiger charge is -2.09. The summed E-state index contributed by atoms with van der Waals surface area (Å²) in [6, 6.07) is 13.2. The Morgan fingerprint density at radius 1 is 1.09 bits per heavy atom. The Kier molecular flexibility index (Phi) is 3.90. The second-order valence-electron chi connectivity index (χ2n) is 4.38. The summed E-state index contributed by atoms with van der Waals surface area (Å²) in [6.07, 6.45) is 0. The fourth-order valence-electron chi connectivity index (χ4n) is 1.85. The largest absolute Gasteiger partial charge is 0.280 e. The zero-order chi connectivity index (χ0) is 15.6. The highest BCUT2D eigenvalue weighted by atomic mass is 79.9. The molecule has 3 rings (SSSR count). The van der Waals surface area contributed by atoms with Gasteiger partial charge in [-0.05, 0) is 35.5 Å². The third-order valence-electron chi connectivity index (χ3n) is 2.82. The van der Waals surface area contributed by atoms with E-state index < -0.39 is 10.0 Å². The summed E-state index contributed by atoms with van der Waals surface area (Å²) in [5, 5.41) is 13.6. The minimum Gasteiger partial charge on any atom is -0.280 e. The van der Waals surface area contributed by atoms with Gasteiger partial charge in [0.25, 0.3) is 10.0 Å². The second-order valence-corrected chi connectivity index (χ2v) is 6.98. The number of hydrogen-bond acceptors (Lipinski definition) is 5. The summed E-state index contributed by atoms with van der Waals surface area (Å²) in [7, 11) is -3.67. The van der Waals surface area contributed by atoms with E-state index in [0.717, 1.165) is 0 Å². The van der Waals surface area contributed by atoms with Crippen molar-refractivity contribution in [3.05, 3.63) is 53.0 Å². The van der Waals surface area contributed by atoms with Crippen molar-refractivity contribution in [2.45, 2.75) is 4.90 Å². The van der Waals surface area contributed by atoms with Crippen molar-refractivity contribution < 1.29 is 8.42 Å². The number of aromatic amines is 1. The highest BCUT2D eigenvalue weighted by Gasteiger charge is 2.15. The van der Waals surface area contributed by atoms with Crippen molar-refractivity contribution in [2.24, 2.45) is 0 Å². The molecule has 0 atom stereocenters. The number of anilines is 1. The van der Waals surface area contributed by atoms with Crippen LogP contribution in [0.3, 0.4) is 0 Å². The molecule has 2 N–H and O–H groups in total. The summed E-state index contributed by atoms with van der Waals surface area (Å²) < 4.78 is 28.0. The molecule has 3 aromatic rings. The third-order valence-corrected chi connectivity index (χ3v) is 4.70. The molecule has 0 aliphatic rings. The maximum absolute atomic E-state index is 12.4. The molecule has 0 aliphatic heterocycles. The molecular formula is C13H10BrN5O2S. The van der Waals surface area contributed by atoms with Crippen LogP contribution in [-0.2, 0) is 10.0 Å². The number of sulfonamides is 1. The molecule has 22 heavy (non-hydrogen) atoms. The van der Waals surface area contributed by atoms with Gasteiger partial charge in [-0.15, -0.1) is 10.2 Å². The van der Waals surface area contributed by atoms with E-state index in [1.165, 1.54) is 12.1 Å². The van der Waals surface area contributed by atoms with E-state index in [4.69, 9.17) is 0 Å². The predicted molar refractivity (Wildman–Crippen MR) is 84.6 cm³/mol. The van der Waals surface area contributed by atoms with Crippen molar-refractivity contribution in [3.8, 4) is 11.4 Å². The number of halogens is 1. The van der Waals surface area contributed by atoms with E-state index in [-0.39, 0.29) is 4.90 Å². The van der Waals surface area contributed by atoms with E-state index in [2.05, 4.69) is 41.3 Å². The monoisotopic (exact) mass is 379 g/mol. The van der Waals surface area contributed by atoms with Gasteiger partial charge in [-0.25, -0.2) is 8.42 Å². The maximum Gasteiger partial charge on any atom is 0.261 e. The molecule has 0 saturated carbocycles. The molecule has 0 saturated heterocycles. The lowest BCUT2D eigenvalue weighted by atomic mass is 10.2. The maximum atomic E-state index is 12.4. The first kappa shape index (κ1) is 14.7. The van der Waals surface area contributed by atoms with Gasteiger partial charge in [-0.2, -0.15) is 5.21 Å². The molecule has 0 amide bonds. The minimum absolute atomic E-state index is 0.173. The molecule has 7 nitrogen and oxygen atoms in total. The third kappa shape index (κ3) is 3.15. The Morgan fingerprint density at radius 2 is 1.91 bits per heavy atom. The van der Waals surface area contributed by atoms with E-state index in [9.17, 15) is 8.42 Å². The summed E-state index contributed by atoms with van der Waals surface area (Å²) in [6.45, 7) is 0. The number of nitrogens with zero attached hydrogens (tertiary/aromatic N) is 3. The summed E-state index contributed by atoms with van der Waals surface area (Å²) in [5.41, 5.74) is 1.07. The van der Waals surface area contributed by atoms with E-state index >= 15 is 0 Å². The number of tetrazole rings is 1. The Morgan fingerprint density at radius 3 is 2.64 bits per heavy atom. The lowest BCUT2D eigenvalue weighted by molar-refractivity contribution is 0.601. The van der Waals surface area contributed by atoms with Crippen molar-refractivity contribution in [2.75, 3.05) is 4.72 Å². The molecule has 0 unspecified atom stereocenters. The smallest absolute Gasteiger partial charge is 0.261 e. The quantitative estimate of drug-likeness (QED) is 0.724. The van der Waals surface area contributed by atoms with Crippen molar-refractivity contribution in [1.82, 2.24) is 20.6 Å². The van der Waals surface area contributed by atoms with Crippen LogP contribution in [-0.4, -0.2) is 29.0 Å². The zero-order valence-corrected chi connectivity index (χ0v) is 13.5. The molecule has 1 aromatic heterocycles. The molecule has 0 aliphatic carbocycles. The molecule has 9 heteroatoms. The summed E-state index contributed by atoms with van der Waals surface area (Å²) in [5.74, 6) is 0.392. The summed E-state index contributed by atoms with van der Waals surface area (Å²) >= 11 is 3.26. The Labute approximate surface area is 134 Å². The Hall–Kier alpha value is -2.26. The van der Waals surface area contributed by atoms with Gasteiger partial charge in [0, 0.05) is 15.7 Å². The number of H-pyrrole nitrogens is 1. The Bertz CT molecular complexity index is 896. The van der Waals surface area contributed by atoms with Crippen molar-refractivity contribution in [1.29, 1.82) is 0 Å². The molecule has 0 radical (unpaired) electrons. The van der Waals surface area contributed by atoms with Crippen LogP contribution in [0.1, 0.15) is 0 Å². The van der Waals surface area contributed by atoms with E-state index in [0.29, 0.717) is 21.5 Å². The minimum atomic E-state index is -3.67. The number of nitrogens with one attached hydrogen (secondary N) is 2. The van der Waals surface area contributed by atoms with Gasteiger partial charge < -0.3 is 0 Å². The van der Waals surface area contributed by atoms with Crippen LogP contribution >= 0.6 is 15.9 Å². The normalized spacial score (nSPS) is 11.3. The number of hydrogen-bond donors (Lipinski definition) is 2. The standard InChI is InChI=1S/C13H10BrN5O2S/c14-10-4-2-6-12(8-10)22(20,21)17-11-5-1-3-9(7-11)13-15-18-19-16-13/h1-8,17H,(H,15,16,18,19). The van der Waals surface area contributed by atoms with Gasteiger partial charge >= 0.3 is 0 Å². The first-order valence-electron chi connectivity index (χ1n) is 6.17. The van der Waals surface area contributed by atoms with Crippen LogP contribution in [0.15, 0.2) is 57.9 Å². The molecule has 0 fully saturated rings. The van der Waals surface area contributed by atoms with E-state index in [1.54, 1.807) is 36.4 Å². The second kappa shape index (κ2) is 5.85. The van der Waals surface area contributed by atoms with Crippen LogP contribution in [0.5, 0.6) is 0 Å². The van der Waals surface area contributed by atoms with E-state index in [1.807, 2.05) is 0 Å². The molecule has 0 spiro atoms. The fourth-order valence-corrected chi connectivity index (χ4v) is 3.50. The fraction of sp³-hybridized carbons (Fsp3) is 0. The summed E-state index contributed by atoms with van der Waals surface area (Å²) in [4.78, 5) is 0.173. The van der Waals surface area contributed by atoms with Crippen LogP contribution in [0.25, 0.3) is 11.4 Å². The molecule has 1 heterocycles. The number of aromatic nitrogens is 4. The highest BCUT2D eigenvalue weighted by molar-refractivity contribution is 9.10. The molecule has 112 valence electrons. The average molecular weight is 380 g/mol. The van der Waals surface area contributed by atoms with Crippen LogP contribution in [0.2, 0.25) is 0 Å². The number of rotatable bonds is 4. The van der Waals surface area contributed by atoms with Gasteiger partial charge in [0.05, 0.1) is 4.90 Å². The van der Waals surface area contributed by atoms with Gasteiger partial charge in [0.1, 0.15) is 0 Å².